The van der Waals surface area contributed by atoms with E-state index in [9.17, 15) is 29.4 Å². The fourth-order valence-electron chi connectivity index (χ4n) is 8.69. The maximum atomic E-state index is 13.0. The van der Waals surface area contributed by atoms with Crippen LogP contribution in [0.5, 0.6) is 11.5 Å². The molecule has 0 radical (unpaired) electrons. The van der Waals surface area contributed by atoms with Crippen molar-refractivity contribution in [2.75, 3.05) is 33.7 Å². The zero-order valence-corrected chi connectivity index (χ0v) is 36.0. The highest BCUT2D eigenvalue weighted by Gasteiger charge is 2.39. The standard InChI is InChI=1S/C31H42N4O4.C18H14N2O3/c1-31(2,3)39-27(37)15-18-32-16-9-5-6-10-17-33-20-26-28(23-11-7-8-12-25(23)34-26)29-24-19-21(36)13-14-22(24)30(38)35(29)4;1-20-17(13-8-10(22)6-7-11(13)18(20)23)16-12-4-2-3-5-14(12)19-15(16)9-21/h7-8,11-14,19,29,32-34,36H,5-6,9-10,15-18,20H2,1-4H3;2-9,17,19,22H,1H3. The quantitative estimate of drug-likeness (QED) is 0.0341. The van der Waals surface area contributed by atoms with Crippen LogP contribution in [0.4, 0.5) is 0 Å². The summed E-state index contributed by atoms with van der Waals surface area (Å²) in [6.45, 7) is 8.77. The summed E-state index contributed by atoms with van der Waals surface area (Å²) < 4.78 is 5.32. The number of aromatic amines is 2. The van der Waals surface area contributed by atoms with Crippen molar-refractivity contribution in [1.29, 1.82) is 0 Å². The van der Waals surface area contributed by atoms with E-state index in [1.165, 1.54) is 6.07 Å². The summed E-state index contributed by atoms with van der Waals surface area (Å²) in [5.74, 6) is -0.0395. The maximum Gasteiger partial charge on any atom is 0.307 e. The third-order valence-corrected chi connectivity index (χ3v) is 11.5. The molecule has 0 saturated heterocycles. The lowest BCUT2D eigenvalue weighted by atomic mass is 9.95. The molecule has 0 saturated carbocycles. The fourth-order valence-corrected chi connectivity index (χ4v) is 8.69. The van der Waals surface area contributed by atoms with Crippen molar-refractivity contribution in [2.24, 2.45) is 0 Å². The third kappa shape index (κ3) is 9.24. The molecular weight excluding hydrogens is 785 g/mol. The number of aldehydes is 1. The molecule has 4 aromatic carbocycles. The van der Waals surface area contributed by atoms with Crippen molar-refractivity contribution < 1.29 is 34.1 Å². The van der Waals surface area contributed by atoms with Gasteiger partial charge in [-0.25, -0.2) is 0 Å². The van der Waals surface area contributed by atoms with Gasteiger partial charge in [0, 0.05) is 76.9 Å². The number of nitrogens with zero attached hydrogens (tertiary/aromatic N) is 2. The summed E-state index contributed by atoms with van der Waals surface area (Å²) in [5.41, 5.74) is 7.56. The first-order valence-electron chi connectivity index (χ1n) is 21.3. The van der Waals surface area contributed by atoms with Crippen molar-refractivity contribution in [1.82, 2.24) is 30.4 Å². The number of phenolic OH excluding ortho intramolecular Hbond substituents is 2. The van der Waals surface area contributed by atoms with Gasteiger partial charge in [0.1, 0.15) is 17.1 Å². The molecule has 8 rings (SSSR count). The minimum absolute atomic E-state index is 0.0291. The highest BCUT2D eigenvalue weighted by molar-refractivity contribution is 6.03. The topological polar surface area (TPSA) is 180 Å². The second kappa shape index (κ2) is 18.7. The Kier molecular flexibility index (Phi) is 13.1. The number of esters is 1. The van der Waals surface area contributed by atoms with E-state index in [2.05, 4.69) is 32.7 Å². The van der Waals surface area contributed by atoms with Gasteiger partial charge in [0.05, 0.1) is 24.2 Å². The SMILES string of the molecule is CN1C(=O)c2ccc(O)cc2C1c1c(C=O)[nH]c2ccccc12.CN1C(=O)c2ccc(O)cc2C1c1c(CNCCCCCCNCCC(=O)OC(C)(C)C)[nH]c2ccccc12. The summed E-state index contributed by atoms with van der Waals surface area (Å²) in [4.78, 5) is 58.8. The Morgan fingerprint density at radius 1 is 0.710 bits per heavy atom. The van der Waals surface area contributed by atoms with E-state index in [-0.39, 0.29) is 35.3 Å². The molecule has 0 fully saturated rings. The molecule has 2 aliphatic heterocycles. The molecule has 2 atom stereocenters. The Bertz CT molecular complexity index is 2610. The minimum Gasteiger partial charge on any atom is -0.508 e. The Morgan fingerprint density at radius 3 is 1.79 bits per heavy atom. The molecule has 13 nitrogen and oxygen atoms in total. The van der Waals surface area contributed by atoms with Gasteiger partial charge < -0.3 is 45.4 Å². The van der Waals surface area contributed by atoms with Gasteiger partial charge in [-0.1, -0.05) is 49.2 Å². The molecule has 324 valence electrons. The molecule has 6 N–H and O–H groups in total. The number of nitrogens with one attached hydrogen (secondary N) is 4. The molecule has 13 heteroatoms. The number of aromatic hydroxyl groups is 2. The normalized spacial score (nSPS) is 15.8. The molecule has 0 spiro atoms. The summed E-state index contributed by atoms with van der Waals surface area (Å²) in [5, 5.41) is 28.9. The van der Waals surface area contributed by atoms with E-state index in [4.69, 9.17) is 4.74 Å². The van der Waals surface area contributed by atoms with Crippen LogP contribution in [0.1, 0.15) is 124 Å². The molecule has 0 bridgehead atoms. The molecule has 2 unspecified atom stereocenters. The van der Waals surface area contributed by atoms with Crippen LogP contribution in [0, 0.1) is 0 Å². The third-order valence-electron chi connectivity index (χ3n) is 11.5. The lowest BCUT2D eigenvalue weighted by Gasteiger charge is -2.22. The fraction of sp³-hybridized carbons (Fsp3) is 0.347. The van der Waals surface area contributed by atoms with Crippen LogP contribution in [0.3, 0.4) is 0 Å². The van der Waals surface area contributed by atoms with Gasteiger partial charge in [0.2, 0.25) is 0 Å². The molecular formula is C49H56N6O7. The second-order valence-electron chi connectivity index (χ2n) is 17.0. The number of H-pyrrole nitrogens is 2. The number of carbonyl (C=O) groups excluding carboxylic acids is 4. The summed E-state index contributed by atoms with van der Waals surface area (Å²) in [7, 11) is 3.54. The largest absolute Gasteiger partial charge is 0.508 e. The van der Waals surface area contributed by atoms with Crippen molar-refractivity contribution in [3.05, 3.63) is 130 Å². The molecule has 6 aromatic rings. The molecule has 2 aromatic heterocycles. The average Bonchev–Trinajstić information content (AvgIpc) is 3.93. The molecule has 2 amide bonds. The molecule has 4 heterocycles. The zero-order valence-electron chi connectivity index (χ0n) is 36.0. The molecule has 2 aliphatic rings. The van der Waals surface area contributed by atoms with E-state index in [0.717, 1.165) is 89.2 Å². The highest BCUT2D eigenvalue weighted by atomic mass is 16.6. The van der Waals surface area contributed by atoms with E-state index < -0.39 is 11.6 Å². The van der Waals surface area contributed by atoms with E-state index in [1.54, 1.807) is 47.2 Å². The number of hydrogen-bond acceptors (Lipinski definition) is 9. The van der Waals surface area contributed by atoms with Gasteiger partial charge in [-0.05, 0) is 106 Å². The Hall–Kier alpha value is -6.44. The minimum atomic E-state index is -0.428. The summed E-state index contributed by atoms with van der Waals surface area (Å²) >= 11 is 0. The van der Waals surface area contributed by atoms with Crippen LogP contribution in [0.2, 0.25) is 0 Å². The predicted molar refractivity (Wildman–Crippen MR) is 240 cm³/mol. The van der Waals surface area contributed by atoms with Crippen LogP contribution in [0.15, 0.2) is 84.9 Å². The Balaban J connectivity index is 0.000000212. The van der Waals surface area contributed by atoms with E-state index in [0.29, 0.717) is 41.9 Å². The van der Waals surface area contributed by atoms with Crippen LogP contribution >= 0.6 is 0 Å². The van der Waals surface area contributed by atoms with Gasteiger partial charge >= 0.3 is 5.97 Å². The van der Waals surface area contributed by atoms with Gasteiger partial charge in [0.15, 0.2) is 6.29 Å². The van der Waals surface area contributed by atoms with Crippen LogP contribution in [-0.4, -0.2) is 93.4 Å². The number of phenols is 2. The van der Waals surface area contributed by atoms with Crippen LogP contribution in [0.25, 0.3) is 21.8 Å². The lowest BCUT2D eigenvalue weighted by Crippen LogP contribution is -2.27. The first kappa shape index (κ1) is 43.6. The van der Waals surface area contributed by atoms with Crippen molar-refractivity contribution in [3.63, 3.8) is 0 Å². The summed E-state index contributed by atoms with van der Waals surface area (Å²) in [6.07, 6.45) is 5.59. The molecule has 62 heavy (non-hydrogen) atoms. The number of carbonyl (C=O) groups is 4. The predicted octanol–water partition coefficient (Wildman–Crippen LogP) is 7.88. The van der Waals surface area contributed by atoms with Gasteiger partial charge in [-0.2, -0.15) is 0 Å². The Morgan fingerprint density at radius 2 is 1.23 bits per heavy atom. The number of ether oxygens (including phenoxy) is 1. The van der Waals surface area contributed by atoms with Crippen molar-refractivity contribution in [3.8, 4) is 11.5 Å². The zero-order chi connectivity index (χ0) is 44.1. The van der Waals surface area contributed by atoms with Crippen LogP contribution < -0.4 is 10.6 Å². The number of rotatable bonds is 15. The monoisotopic (exact) mass is 840 g/mol. The number of fused-ring (bicyclic) bond motifs is 4. The van der Waals surface area contributed by atoms with E-state index in [1.807, 2.05) is 64.2 Å². The average molecular weight is 841 g/mol. The van der Waals surface area contributed by atoms with Crippen LogP contribution in [-0.2, 0) is 16.1 Å². The highest BCUT2D eigenvalue weighted by Crippen LogP contribution is 2.44. The maximum absolute atomic E-state index is 13.0. The number of hydrogen-bond donors (Lipinski definition) is 6. The first-order chi connectivity index (χ1) is 29.8. The van der Waals surface area contributed by atoms with E-state index >= 15 is 0 Å². The Labute approximate surface area is 361 Å². The lowest BCUT2D eigenvalue weighted by molar-refractivity contribution is -0.154. The van der Waals surface area contributed by atoms with Crippen molar-refractivity contribution in [2.45, 2.75) is 77.1 Å². The first-order valence-corrected chi connectivity index (χ1v) is 21.3. The molecule has 0 aliphatic carbocycles. The number of para-hydroxylation sites is 2. The van der Waals surface area contributed by atoms with Gasteiger partial charge in [0.25, 0.3) is 11.8 Å². The summed E-state index contributed by atoms with van der Waals surface area (Å²) in [6, 6.07) is 24.9. The number of aromatic nitrogens is 2. The second-order valence-corrected chi connectivity index (χ2v) is 17.0. The number of benzene rings is 4. The number of unbranched alkanes of at least 4 members (excludes halogenated alkanes) is 3. The number of amides is 2. The van der Waals surface area contributed by atoms with Gasteiger partial charge in [-0.15, -0.1) is 0 Å². The smallest absolute Gasteiger partial charge is 0.307 e. The van der Waals surface area contributed by atoms with Crippen molar-refractivity contribution >= 4 is 45.9 Å². The van der Waals surface area contributed by atoms with Gasteiger partial charge in [-0.3, -0.25) is 19.2 Å².